The molecule has 1 atom stereocenters. The van der Waals surface area contributed by atoms with E-state index in [1.807, 2.05) is 60.4 Å². The van der Waals surface area contributed by atoms with E-state index < -0.39 is 17.5 Å². The average Bonchev–Trinajstić information content (AvgIpc) is 3.13. The standard InChI is InChI=1S/C24H30N2O2.C4H4O4/c1-2-28-24(20-12-5-3-6-13-20)21-14-7-8-15-22(21)26(23(24)27)19-11-18-25-16-9-4-10-17-25;5-3(6)1-2-4(7)8/h3,5-8,12-15H,2,4,9-11,16-19H2,1H3;1-2H,(H,5,6)(H,7,8)/b;2-1+. The van der Waals surface area contributed by atoms with E-state index in [0.29, 0.717) is 18.8 Å². The first-order valence-electron chi connectivity index (χ1n) is 12.5. The highest BCUT2D eigenvalue weighted by Gasteiger charge is 2.53. The van der Waals surface area contributed by atoms with Crippen molar-refractivity contribution in [2.45, 2.75) is 38.2 Å². The van der Waals surface area contributed by atoms with Crippen molar-refractivity contribution in [2.24, 2.45) is 0 Å². The lowest BCUT2D eigenvalue weighted by Gasteiger charge is -2.29. The summed E-state index contributed by atoms with van der Waals surface area (Å²) >= 11 is 0. The molecule has 0 aromatic heterocycles. The molecule has 2 aromatic rings. The summed E-state index contributed by atoms with van der Waals surface area (Å²) in [6.45, 7) is 6.89. The lowest BCUT2D eigenvalue weighted by Crippen LogP contribution is -3.12. The van der Waals surface area contributed by atoms with Gasteiger partial charge in [-0.3, -0.25) is 4.79 Å². The minimum Gasteiger partial charge on any atom is -0.545 e. The third kappa shape index (κ3) is 6.38. The van der Waals surface area contributed by atoms with Gasteiger partial charge in [0.2, 0.25) is 0 Å². The average molecular weight is 495 g/mol. The Bertz CT molecular complexity index is 1050. The first-order valence-corrected chi connectivity index (χ1v) is 12.5. The number of carboxylic acid groups (broad SMARTS) is 2. The predicted molar refractivity (Wildman–Crippen MR) is 133 cm³/mol. The van der Waals surface area contributed by atoms with Crippen LogP contribution in [0, 0.1) is 0 Å². The number of benzene rings is 2. The summed E-state index contributed by atoms with van der Waals surface area (Å²) in [7, 11) is 0. The molecular formula is C28H34N2O6. The Morgan fingerprint density at radius 2 is 1.72 bits per heavy atom. The fourth-order valence-electron chi connectivity index (χ4n) is 4.96. The third-order valence-electron chi connectivity index (χ3n) is 6.50. The number of amides is 1. The molecule has 2 aliphatic rings. The first-order chi connectivity index (χ1) is 17.4. The van der Waals surface area contributed by atoms with E-state index in [0.717, 1.165) is 36.3 Å². The number of nitrogens with one attached hydrogen (secondary N) is 1. The molecule has 2 aliphatic heterocycles. The molecule has 1 fully saturated rings. The number of hydrogen-bond donors (Lipinski definition) is 2. The van der Waals surface area contributed by atoms with E-state index in [9.17, 15) is 19.5 Å². The summed E-state index contributed by atoms with van der Waals surface area (Å²) in [6, 6.07) is 18.1. The fourth-order valence-corrected chi connectivity index (χ4v) is 4.96. The molecule has 8 nitrogen and oxygen atoms in total. The molecule has 36 heavy (non-hydrogen) atoms. The van der Waals surface area contributed by atoms with E-state index in [1.54, 1.807) is 4.90 Å². The normalized spacial score (nSPS) is 19.6. The monoisotopic (exact) mass is 494 g/mol. The fraction of sp³-hybridized carbons (Fsp3) is 0.393. The Kier molecular flexibility index (Phi) is 9.78. The lowest BCUT2D eigenvalue weighted by molar-refractivity contribution is -0.904. The number of hydrogen-bond acceptors (Lipinski definition) is 5. The third-order valence-corrected chi connectivity index (χ3v) is 6.50. The number of piperidine rings is 1. The lowest BCUT2D eigenvalue weighted by atomic mass is 9.87. The second kappa shape index (κ2) is 13.0. The number of anilines is 1. The van der Waals surface area contributed by atoms with Crippen LogP contribution >= 0.6 is 0 Å². The molecule has 2 aromatic carbocycles. The van der Waals surface area contributed by atoms with Gasteiger partial charge in [-0.05, 0) is 43.9 Å². The highest BCUT2D eigenvalue weighted by atomic mass is 16.5. The number of aliphatic carboxylic acids is 2. The van der Waals surface area contributed by atoms with Gasteiger partial charge in [0, 0.05) is 31.2 Å². The van der Waals surface area contributed by atoms with Crippen molar-refractivity contribution in [1.82, 2.24) is 0 Å². The maximum Gasteiger partial charge on any atom is 0.328 e. The first kappa shape index (κ1) is 27.1. The van der Waals surface area contributed by atoms with Gasteiger partial charge in [0.05, 0.1) is 31.3 Å². The largest absolute Gasteiger partial charge is 0.545 e. The van der Waals surface area contributed by atoms with Crippen molar-refractivity contribution in [3.05, 3.63) is 77.9 Å². The van der Waals surface area contributed by atoms with Crippen LogP contribution in [0.5, 0.6) is 0 Å². The number of nitrogens with zero attached hydrogens (tertiary/aromatic N) is 1. The quantitative estimate of drug-likeness (QED) is 0.506. The highest BCUT2D eigenvalue weighted by molar-refractivity contribution is 6.09. The van der Waals surface area contributed by atoms with Crippen molar-refractivity contribution < 1.29 is 34.2 Å². The van der Waals surface area contributed by atoms with Crippen molar-refractivity contribution in [3.8, 4) is 0 Å². The molecule has 1 unspecified atom stereocenters. The molecule has 2 heterocycles. The second-order valence-corrected chi connectivity index (χ2v) is 8.86. The van der Waals surface area contributed by atoms with Crippen molar-refractivity contribution >= 4 is 23.5 Å². The summed E-state index contributed by atoms with van der Waals surface area (Å²) in [5.41, 5.74) is 1.86. The Morgan fingerprint density at radius 1 is 1.06 bits per heavy atom. The van der Waals surface area contributed by atoms with Crippen LogP contribution in [0.1, 0.15) is 43.7 Å². The molecule has 4 rings (SSSR count). The molecule has 2 N–H and O–H groups in total. The van der Waals surface area contributed by atoms with Gasteiger partial charge in [0.25, 0.3) is 5.91 Å². The Labute approximate surface area is 211 Å². The van der Waals surface area contributed by atoms with E-state index >= 15 is 0 Å². The van der Waals surface area contributed by atoms with Crippen LogP contribution in [-0.4, -0.2) is 55.7 Å². The number of para-hydroxylation sites is 1. The number of carbonyl (C=O) groups excluding carboxylic acids is 2. The van der Waals surface area contributed by atoms with Crippen LogP contribution < -0.4 is 14.9 Å². The van der Waals surface area contributed by atoms with Gasteiger partial charge in [0.1, 0.15) is 0 Å². The van der Waals surface area contributed by atoms with Crippen LogP contribution in [0.15, 0.2) is 66.7 Å². The summed E-state index contributed by atoms with van der Waals surface area (Å²) < 4.78 is 6.25. The minimum absolute atomic E-state index is 0.0513. The van der Waals surface area contributed by atoms with E-state index in [2.05, 4.69) is 6.07 Å². The number of ether oxygens (including phenoxy) is 1. The van der Waals surface area contributed by atoms with Crippen LogP contribution in [0.2, 0.25) is 0 Å². The number of carboxylic acids is 2. The molecule has 0 bridgehead atoms. The zero-order chi connectivity index (χ0) is 26.0. The molecule has 1 amide bonds. The Morgan fingerprint density at radius 3 is 2.33 bits per heavy atom. The Hall–Kier alpha value is -3.49. The van der Waals surface area contributed by atoms with Gasteiger partial charge in [-0.25, -0.2) is 4.79 Å². The number of likely N-dealkylation sites (tertiary alicyclic amines) is 1. The number of carbonyl (C=O) groups is 3. The van der Waals surface area contributed by atoms with Gasteiger partial charge >= 0.3 is 5.97 Å². The summed E-state index contributed by atoms with van der Waals surface area (Å²) in [6.07, 6.45) is 6.00. The summed E-state index contributed by atoms with van der Waals surface area (Å²) in [4.78, 5) is 36.4. The molecule has 0 radical (unpaired) electrons. The van der Waals surface area contributed by atoms with Crippen LogP contribution in [0.25, 0.3) is 0 Å². The van der Waals surface area contributed by atoms with Gasteiger partial charge in [-0.1, -0.05) is 48.5 Å². The smallest absolute Gasteiger partial charge is 0.328 e. The molecule has 1 saturated heterocycles. The molecule has 0 aliphatic carbocycles. The van der Waals surface area contributed by atoms with E-state index in [-0.39, 0.29) is 5.91 Å². The number of rotatable bonds is 9. The molecule has 8 heteroatoms. The predicted octanol–water partition coefficient (Wildman–Crippen LogP) is 1.15. The van der Waals surface area contributed by atoms with Crippen molar-refractivity contribution in [3.63, 3.8) is 0 Å². The highest BCUT2D eigenvalue weighted by Crippen LogP contribution is 2.46. The van der Waals surface area contributed by atoms with Gasteiger partial charge in [0.15, 0.2) is 5.60 Å². The summed E-state index contributed by atoms with van der Waals surface area (Å²) in [5.74, 6) is -2.75. The zero-order valence-electron chi connectivity index (χ0n) is 20.7. The van der Waals surface area contributed by atoms with Crippen LogP contribution in [-0.2, 0) is 24.7 Å². The van der Waals surface area contributed by atoms with E-state index in [4.69, 9.17) is 9.84 Å². The van der Waals surface area contributed by atoms with Crippen LogP contribution in [0.3, 0.4) is 0 Å². The topological polar surface area (TPSA) is 111 Å². The van der Waals surface area contributed by atoms with Gasteiger partial charge < -0.3 is 29.5 Å². The molecule has 0 spiro atoms. The number of quaternary nitrogens is 1. The van der Waals surface area contributed by atoms with Crippen LogP contribution in [0.4, 0.5) is 5.69 Å². The van der Waals surface area contributed by atoms with Gasteiger partial charge in [-0.15, -0.1) is 0 Å². The SMILES string of the molecule is CCOC1(c2ccccc2)C(=O)N(CCC[NH+]2CCCCC2)c2ccccc21.O=C([O-])/C=C/C(=O)O. The van der Waals surface area contributed by atoms with E-state index in [1.165, 1.54) is 32.4 Å². The maximum atomic E-state index is 13.8. The second-order valence-electron chi connectivity index (χ2n) is 8.86. The molecule has 192 valence electrons. The molecular weight excluding hydrogens is 460 g/mol. The summed E-state index contributed by atoms with van der Waals surface area (Å²) in [5, 5.41) is 17.2. The zero-order valence-corrected chi connectivity index (χ0v) is 20.7. The Balaban J connectivity index is 0.000000392. The number of fused-ring (bicyclic) bond motifs is 1. The maximum absolute atomic E-state index is 13.8. The van der Waals surface area contributed by atoms with Crippen molar-refractivity contribution in [1.29, 1.82) is 0 Å². The minimum atomic E-state index is -1.51. The molecule has 0 saturated carbocycles. The van der Waals surface area contributed by atoms with Crippen molar-refractivity contribution in [2.75, 3.05) is 37.7 Å². The van der Waals surface area contributed by atoms with Gasteiger partial charge in [-0.2, -0.15) is 0 Å².